The molecule has 170 valence electrons. The van der Waals surface area contributed by atoms with E-state index in [1.54, 1.807) is 0 Å². The van der Waals surface area contributed by atoms with Crippen LogP contribution >= 0.6 is 0 Å². The minimum absolute atomic E-state index is 0.00581. The number of benzene rings is 2. The van der Waals surface area contributed by atoms with Crippen molar-refractivity contribution in [3.63, 3.8) is 0 Å². The Morgan fingerprint density at radius 2 is 1.68 bits per heavy atom. The van der Waals surface area contributed by atoms with Gasteiger partial charge in [-0.25, -0.2) is 4.98 Å². The van der Waals surface area contributed by atoms with Gasteiger partial charge in [0.2, 0.25) is 5.71 Å². The molecule has 0 fully saturated rings. The Morgan fingerprint density at radius 1 is 0.882 bits per heavy atom. The lowest BCUT2D eigenvalue weighted by molar-refractivity contribution is 0.212. The molecule has 2 aliphatic rings. The van der Waals surface area contributed by atoms with Gasteiger partial charge in [-0.2, -0.15) is 0 Å². The molecule has 3 nitrogen and oxygen atoms in total. The standard InChI is InChI=1S/C31H29NO2/c1-18-14-25-24(29-19(2)22-11-8-9-13-28(22)34-29)17-27(32-30(25)33-18)21-15-20-10-6-7-12-23(20)26(16-21)31(3,4)5/h6-17,22,28H,1-5H3. The van der Waals surface area contributed by atoms with E-state index in [1.165, 1.54) is 21.9 Å². The Morgan fingerprint density at radius 3 is 2.47 bits per heavy atom. The topological polar surface area (TPSA) is 35.3 Å². The van der Waals surface area contributed by atoms with Gasteiger partial charge in [-0.1, -0.05) is 63.3 Å². The van der Waals surface area contributed by atoms with Crippen LogP contribution in [0.25, 0.3) is 38.9 Å². The van der Waals surface area contributed by atoms with Gasteiger partial charge in [-0.15, -0.1) is 0 Å². The number of nitrogens with zero attached hydrogens (tertiary/aromatic N) is 1. The minimum Gasteiger partial charge on any atom is -0.485 e. The van der Waals surface area contributed by atoms with E-state index in [0.717, 1.165) is 33.7 Å². The molecule has 0 N–H and O–H groups in total. The Bertz CT molecular complexity index is 1540. The number of aryl methyl sites for hydroxylation is 1. The van der Waals surface area contributed by atoms with Crippen molar-refractivity contribution in [3.8, 4) is 11.3 Å². The molecule has 0 spiro atoms. The number of hydrogen-bond donors (Lipinski definition) is 0. The number of furan rings is 1. The van der Waals surface area contributed by atoms with Crippen LogP contribution in [-0.4, -0.2) is 11.1 Å². The minimum atomic E-state index is 0.00581. The first-order valence-corrected chi connectivity index (χ1v) is 12.0. The van der Waals surface area contributed by atoms with Crippen molar-refractivity contribution in [1.82, 2.24) is 4.98 Å². The number of allylic oxidation sites excluding steroid dienone is 2. The monoisotopic (exact) mass is 447 g/mol. The van der Waals surface area contributed by atoms with E-state index in [2.05, 4.69) is 101 Å². The van der Waals surface area contributed by atoms with Crippen LogP contribution in [0.5, 0.6) is 0 Å². The van der Waals surface area contributed by atoms with Crippen LogP contribution < -0.4 is 0 Å². The summed E-state index contributed by atoms with van der Waals surface area (Å²) in [6.07, 6.45) is 8.59. The van der Waals surface area contributed by atoms with Gasteiger partial charge in [-0.3, -0.25) is 0 Å². The Kier molecular flexibility index (Phi) is 4.60. The summed E-state index contributed by atoms with van der Waals surface area (Å²) >= 11 is 0. The molecule has 1 aliphatic heterocycles. The lowest BCUT2D eigenvalue weighted by atomic mass is 9.82. The summed E-state index contributed by atoms with van der Waals surface area (Å²) in [5.74, 6) is 2.06. The zero-order valence-corrected chi connectivity index (χ0v) is 20.3. The van der Waals surface area contributed by atoms with Crippen LogP contribution in [0, 0.1) is 12.8 Å². The van der Waals surface area contributed by atoms with Gasteiger partial charge >= 0.3 is 0 Å². The molecule has 2 aromatic carbocycles. The van der Waals surface area contributed by atoms with Gasteiger partial charge in [0.1, 0.15) is 17.6 Å². The highest BCUT2D eigenvalue weighted by Crippen LogP contribution is 2.43. The first-order chi connectivity index (χ1) is 16.3. The van der Waals surface area contributed by atoms with Crippen molar-refractivity contribution in [3.05, 3.63) is 95.3 Å². The smallest absolute Gasteiger partial charge is 0.227 e. The van der Waals surface area contributed by atoms with Gasteiger partial charge in [0.15, 0.2) is 0 Å². The summed E-state index contributed by atoms with van der Waals surface area (Å²) in [6, 6.07) is 17.4. The third kappa shape index (κ3) is 3.30. The van der Waals surface area contributed by atoms with Gasteiger partial charge in [0.05, 0.1) is 11.1 Å². The molecule has 1 aliphatic carbocycles. The number of pyridine rings is 1. The van der Waals surface area contributed by atoms with Crippen LogP contribution in [0.3, 0.4) is 0 Å². The van der Waals surface area contributed by atoms with Crippen molar-refractivity contribution in [1.29, 1.82) is 0 Å². The molecule has 2 aromatic heterocycles. The molecular weight excluding hydrogens is 418 g/mol. The first kappa shape index (κ1) is 21.0. The lowest BCUT2D eigenvalue weighted by Crippen LogP contribution is -2.15. The van der Waals surface area contributed by atoms with Crippen molar-refractivity contribution >= 4 is 27.6 Å². The molecule has 3 heteroatoms. The summed E-state index contributed by atoms with van der Waals surface area (Å²) in [4.78, 5) is 4.97. The number of aromatic nitrogens is 1. The number of hydrogen-bond acceptors (Lipinski definition) is 3. The van der Waals surface area contributed by atoms with Crippen molar-refractivity contribution in [2.45, 2.75) is 46.1 Å². The molecule has 6 rings (SSSR count). The molecule has 0 saturated carbocycles. The number of rotatable bonds is 2. The van der Waals surface area contributed by atoms with Gasteiger partial charge in [-0.05, 0) is 71.5 Å². The van der Waals surface area contributed by atoms with E-state index in [0.29, 0.717) is 5.71 Å². The summed E-state index contributed by atoms with van der Waals surface area (Å²) in [5.41, 5.74) is 6.26. The molecule has 2 unspecified atom stereocenters. The van der Waals surface area contributed by atoms with E-state index in [1.807, 2.05) is 6.92 Å². The van der Waals surface area contributed by atoms with Crippen molar-refractivity contribution < 1.29 is 9.15 Å². The lowest BCUT2D eigenvalue weighted by Gasteiger charge is -2.23. The Hall–Kier alpha value is -3.59. The third-order valence-corrected chi connectivity index (χ3v) is 7.04. The van der Waals surface area contributed by atoms with Crippen LogP contribution in [-0.2, 0) is 10.2 Å². The van der Waals surface area contributed by atoms with E-state index >= 15 is 0 Å². The maximum atomic E-state index is 6.49. The normalized spacial score (nSPS) is 19.8. The molecule has 0 saturated heterocycles. The molecule has 0 amide bonds. The molecule has 4 aromatic rings. The molecule has 34 heavy (non-hydrogen) atoms. The van der Waals surface area contributed by atoms with Gasteiger partial charge in [0.25, 0.3) is 0 Å². The third-order valence-electron chi connectivity index (χ3n) is 7.04. The Labute approximate surface area is 200 Å². The highest BCUT2D eigenvalue weighted by molar-refractivity contribution is 5.94. The molecular formula is C31H29NO2. The van der Waals surface area contributed by atoms with Crippen LogP contribution in [0.4, 0.5) is 0 Å². The van der Waals surface area contributed by atoms with Gasteiger partial charge < -0.3 is 9.15 Å². The van der Waals surface area contributed by atoms with Crippen LogP contribution in [0.15, 0.2) is 82.8 Å². The second kappa shape index (κ2) is 7.46. The molecule has 3 heterocycles. The van der Waals surface area contributed by atoms with Gasteiger partial charge in [0, 0.05) is 17.0 Å². The summed E-state index contributed by atoms with van der Waals surface area (Å²) in [7, 11) is 0. The van der Waals surface area contributed by atoms with E-state index in [4.69, 9.17) is 14.1 Å². The highest BCUT2D eigenvalue weighted by atomic mass is 16.5. The second-order valence-electron chi connectivity index (χ2n) is 10.5. The average molecular weight is 448 g/mol. The zero-order chi connectivity index (χ0) is 23.6. The quantitative estimate of drug-likeness (QED) is 0.311. The van der Waals surface area contributed by atoms with Crippen LogP contribution in [0.2, 0.25) is 0 Å². The molecule has 0 bridgehead atoms. The number of fused-ring (bicyclic) bond motifs is 3. The fraction of sp³-hybridized carbons (Fsp3) is 0.258. The average Bonchev–Trinajstić information content (AvgIpc) is 3.36. The van der Waals surface area contributed by atoms with E-state index in [9.17, 15) is 0 Å². The van der Waals surface area contributed by atoms with Crippen molar-refractivity contribution in [2.24, 2.45) is 5.92 Å². The fourth-order valence-corrected chi connectivity index (χ4v) is 5.30. The zero-order valence-electron chi connectivity index (χ0n) is 20.3. The van der Waals surface area contributed by atoms with E-state index < -0.39 is 0 Å². The fourth-order valence-electron chi connectivity index (χ4n) is 5.30. The maximum Gasteiger partial charge on any atom is 0.227 e. The first-order valence-electron chi connectivity index (χ1n) is 12.0. The van der Waals surface area contributed by atoms with Crippen LogP contribution in [0.1, 0.15) is 44.6 Å². The summed E-state index contributed by atoms with van der Waals surface area (Å²) < 4.78 is 12.5. The largest absolute Gasteiger partial charge is 0.485 e. The van der Waals surface area contributed by atoms with Crippen molar-refractivity contribution in [2.75, 3.05) is 0 Å². The summed E-state index contributed by atoms with van der Waals surface area (Å²) in [5, 5.41) is 3.51. The Balaban J connectivity index is 1.59. The highest BCUT2D eigenvalue weighted by Gasteiger charge is 2.34. The molecule has 0 radical (unpaired) electrons. The molecule has 2 atom stereocenters. The second-order valence-corrected chi connectivity index (χ2v) is 10.5. The predicted octanol–water partition coefficient (Wildman–Crippen LogP) is 8.13. The SMILES string of the molecule is CC1=C(c2cc(-c3cc(C(C)(C)C)c4ccccc4c3)nc3oc(C)cc23)OC2C=CC=CC12. The van der Waals surface area contributed by atoms with E-state index in [-0.39, 0.29) is 17.4 Å². The maximum absolute atomic E-state index is 6.49. The predicted molar refractivity (Wildman–Crippen MR) is 140 cm³/mol. The summed E-state index contributed by atoms with van der Waals surface area (Å²) in [6.45, 7) is 10.9. The number of ether oxygens (including phenoxy) is 1.